The zero-order chi connectivity index (χ0) is 9.71. The molecule has 0 spiro atoms. The van der Waals surface area contributed by atoms with Crippen LogP contribution in [0.1, 0.15) is 18.9 Å². The smallest absolute Gasteiger partial charge is 0.293 e. The van der Waals surface area contributed by atoms with Crippen LogP contribution in [-0.4, -0.2) is 14.1 Å². The average Bonchev–Trinajstić information content (AvgIpc) is 2.99. The molecule has 1 aliphatic carbocycles. The highest BCUT2D eigenvalue weighted by Crippen LogP contribution is 2.35. The second-order valence-corrected chi connectivity index (χ2v) is 3.79. The highest BCUT2D eigenvalue weighted by atomic mass is 16.1. The molecule has 3 rings (SSSR count). The van der Waals surface area contributed by atoms with E-state index in [1.54, 1.807) is 17.8 Å². The third-order valence-electron chi connectivity index (χ3n) is 2.76. The van der Waals surface area contributed by atoms with Crippen molar-refractivity contribution in [1.29, 1.82) is 0 Å². The lowest BCUT2D eigenvalue weighted by Gasteiger charge is -1.96. The molecule has 0 atom stereocenters. The van der Waals surface area contributed by atoms with Crippen LogP contribution in [-0.2, 0) is 7.05 Å². The molecule has 0 aromatic carbocycles. The minimum Gasteiger partial charge on any atom is -0.293 e. The summed E-state index contributed by atoms with van der Waals surface area (Å²) in [5, 5.41) is 0. The molecule has 4 heteroatoms. The van der Waals surface area contributed by atoms with Gasteiger partial charge in [-0.15, -0.1) is 0 Å². The van der Waals surface area contributed by atoms with Crippen LogP contribution in [0.3, 0.4) is 0 Å². The maximum Gasteiger partial charge on any atom is 0.330 e. The molecule has 0 N–H and O–H groups in total. The number of rotatable bonds is 1. The van der Waals surface area contributed by atoms with Crippen LogP contribution in [0.15, 0.2) is 23.1 Å². The van der Waals surface area contributed by atoms with E-state index < -0.39 is 0 Å². The van der Waals surface area contributed by atoms with Gasteiger partial charge >= 0.3 is 5.69 Å². The van der Waals surface area contributed by atoms with Gasteiger partial charge in [0.25, 0.3) is 0 Å². The van der Waals surface area contributed by atoms with E-state index in [1.807, 2.05) is 16.7 Å². The summed E-state index contributed by atoms with van der Waals surface area (Å²) in [6, 6.07) is 4.18. The average molecular weight is 189 g/mol. The van der Waals surface area contributed by atoms with Crippen molar-refractivity contribution >= 4 is 11.2 Å². The number of pyridine rings is 1. The number of hydrogen-bond donors (Lipinski definition) is 0. The summed E-state index contributed by atoms with van der Waals surface area (Å²) in [5.41, 5.74) is 1.80. The normalized spacial score (nSPS) is 16.4. The van der Waals surface area contributed by atoms with Gasteiger partial charge in [-0.2, -0.15) is 0 Å². The second kappa shape index (κ2) is 2.47. The molecule has 14 heavy (non-hydrogen) atoms. The lowest BCUT2D eigenvalue weighted by atomic mass is 10.4. The van der Waals surface area contributed by atoms with Crippen LogP contribution in [0.4, 0.5) is 0 Å². The van der Waals surface area contributed by atoms with E-state index in [2.05, 4.69) is 4.98 Å². The fourth-order valence-electron chi connectivity index (χ4n) is 1.85. The van der Waals surface area contributed by atoms with Gasteiger partial charge in [0.05, 0.1) is 5.52 Å². The van der Waals surface area contributed by atoms with Crippen molar-refractivity contribution in [2.75, 3.05) is 0 Å². The Balaban J connectivity index is 2.47. The van der Waals surface area contributed by atoms with E-state index in [0.717, 1.165) is 24.0 Å². The molecule has 0 bridgehead atoms. The SMILES string of the molecule is Cn1c(=O)n(C2CC2)c2ncccc21. The third kappa shape index (κ3) is 0.880. The molecule has 0 aliphatic heterocycles. The molecule has 72 valence electrons. The van der Waals surface area contributed by atoms with E-state index in [4.69, 9.17) is 0 Å². The van der Waals surface area contributed by atoms with Crippen LogP contribution in [0.2, 0.25) is 0 Å². The maximum absolute atomic E-state index is 11.9. The van der Waals surface area contributed by atoms with Gasteiger partial charge < -0.3 is 0 Å². The van der Waals surface area contributed by atoms with Crippen LogP contribution in [0.25, 0.3) is 11.2 Å². The van der Waals surface area contributed by atoms with Crippen molar-refractivity contribution in [3.05, 3.63) is 28.8 Å². The van der Waals surface area contributed by atoms with Gasteiger partial charge in [-0.05, 0) is 25.0 Å². The fraction of sp³-hybridized carbons (Fsp3) is 0.400. The van der Waals surface area contributed by atoms with Crippen LogP contribution < -0.4 is 5.69 Å². The summed E-state index contributed by atoms with van der Waals surface area (Å²) < 4.78 is 3.48. The summed E-state index contributed by atoms with van der Waals surface area (Å²) in [7, 11) is 1.80. The Morgan fingerprint density at radius 2 is 2.29 bits per heavy atom. The third-order valence-corrected chi connectivity index (χ3v) is 2.76. The Bertz CT molecular complexity index is 548. The zero-order valence-electron chi connectivity index (χ0n) is 7.97. The monoisotopic (exact) mass is 189 g/mol. The standard InChI is InChI=1S/C10H11N3O/c1-12-8-3-2-6-11-9(8)13(10(12)14)7-4-5-7/h2-3,6-7H,4-5H2,1H3. The summed E-state index contributed by atoms with van der Waals surface area (Å²) in [6.07, 6.45) is 3.95. The first-order chi connectivity index (χ1) is 6.79. The molecular weight excluding hydrogens is 178 g/mol. The van der Waals surface area contributed by atoms with Crippen molar-refractivity contribution in [3.8, 4) is 0 Å². The predicted octanol–water partition coefficient (Wildman–Crippen LogP) is 1.07. The molecule has 1 saturated carbocycles. The van der Waals surface area contributed by atoms with Crippen molar-refractivity contribution < 1.29 is 0 Å². The number of nitrogens with zero attached hydrogens (tertiary/aromatic N) is 3. The molecule has 1 aliphatic rings. The number of imidazole rings is 1. The topological polar surface area (TPSA) is 39.8 Å². The number of hydrogen-bond acceptors (Lipinski definition) is 2. The Morgan fingerprint density at radius 3 is 3.00 bits per heavy atom. The number of fused-ring (bicyclic) bond motifs is 1. The molecule has 0 saturated heterocycles. The van der Waals surface area contributed by atoms with E-state index >= 15 is 0 Å². The summed E-state index contributed by atoms with van der Waals surface area (Å²) in [6.45, 7) is 0. The van der Waals surface area contributed by atoms with Crippen molar-refractivity contribution in [3.63, 3.8) is 0 Å². The van der Waals surface area contributed by atoms with Gasteiger partial charge in [0, 0.05) is 19.3 Å². The van der Waals surface area contributed by atoms with Gasteiger partial charge in [-0.3, -0.25) is 9.13 Å². The van der Waals surface area contributed by atoms with Crippen LogP contribution in [0.5, 0.6) is 0 Å². The first kappa shape index (κ1) is 7.79. The quantitative estimate of drug-likeness (QED) is 0.673. The second-order valence-electron chi connectivity index (χ2n) is 3.79. The summed E-state index contributed by atoms with van der Waals surface area (Å²) in [5.74, 6) is 0. The van der Waals surface area contributed by atoms with Gasteiger partial charge in [0.2, 0.25) is 0 Å². The first-order valence-corrected chi connectivity index (χ1v) is 4.81. The maximum atomic E-state index is 11.9. The molecule has 2 aromatic rings. The van der Waals surface area contributed by atoms with E-state index in [1.165, 1.54) is 0 Å². The minimum absolute atomic E-state index is 0.0567. The Hall–Kier alpha value is -1.58. The lowest BCUT2D eigenvalue weighted by molar-refractivity contribution is 0.691. The highest BCUT2D eigenvalue weighted by molar-refractivity contribution is 5.71. The van der Waals surface area contributed by atoms with Gasteiger partial charge in [0.1, 0.15) is 0 Å². The lowest BCUT2D eigenvalue weighted by Crippen LogP contribution is -2.21. The number of aromatic nitrogens is 3. The van der Waals surface area contributed by atoms with Gasteiger partial charge in [-0.1, -0.05) is 0 Å². The Labute approximate surface area is 80.8 Å². The molecule has 1 fully saturated rings. The van der Waals surface area contributed by atoms with E-state index in [0.29, 0.717) is 6.04 Å². The largest absolute Gasteiger partial charge is 0.330 e. The Morgan fingerprint density at radius 1 is 1.50 bits per heavy atom. The summed E-state index contributed by atoms with van der Waals surface area (Å²) >= 11 is 0. The van der Waals surface area contributed by atoms with Crippen LogP contribution in [0, 0.1) is 0 Å². The molecule has 0 amide bonds. The fourth-order valence-corrected chi connectivity index (χ4v) is 1.85. The summed E-state index contributed by atoms with van der Waals surface area (Å²) in [4.78, 5) is 16.1. The van der Waals surface area contributed by atoms with Crippen LogP contribution >= 0.6 is 0 Å². The molecule has 2 aromatic heterocycles. The molecule has 0 radical (unpaired) electrons. The number of aryl methyl sites for hydroxylation is 1. The van der Waals surface area contributed by atoms with Crippen molar-refractivity contribution in [2.45, 2.75) is 18.9 Å². The molecule has 2 heterocycles. The minimum atomic E-state index is 0.0567. The van der Waals surface area contributed by atoms with Gasteiger partial charge in [0.15, 0.2) is 5.65 Å². The zero-order valence-corrected chi connectivity index (χ0v) is 7.97. The van der Waals surface area contributed by atoms with Crippen molar-refractivity contribution in [2.24, 2.45) is 7.05 Å². The first-order valence-electron chi connectivity index (χ1n) is 4.81. The molecule has 4 nitrogen and oxygen atoms in total. The van der Waals surface area contributed by atoms with Crippen molar-refractivity contribution in [1.82, 2.24) is 14.1 Å². The predicted molar refractivity (Wildman–Crippen MR) is 53.2 cm³/mol. The molecular formula is C10H11N3O. The highest BCUT2D eigenvalue weighted by Gasteiger charge is 2.28. The molecule has 0 unspecified atom stereocenters. The van der Waals surface area contributed by atoms with E-state index in [-0.39, 0.29) is 5.69 Å². The van der Waals surface area contributed by atoms with Gasteiger partial charge in [-0.25, -0.2) is 9.78 Å². The van der Waals surface area contributed by atoms with E-state index in [9.17, 15) is 4.79 Å². The Kier molecular flexibility index (Phi) is 1.37.